The van der Waals surface area contributed by atoms with Crippen LogP contribution in [0.15, 0.2) is 235 Å². The number of anilines is 3. The number of aromatic nitrogens is 1. The second-order valence-corrected chi connectivity index (χ2v) is 16.4. The summed E-state index contributed by atoms with van der Waals surface area (Å²) in [5.74, 6) is 0. The standard InChI is InChI=1S/C60H38N2O/c1-3-16-44-39(14-1)30-35-49-45(21-13-22-48(44)49)41-28-33-43(34-29-41)61(57-26-11-12-27-58(57)62-55-24-9-6-19-50(55)51-20-7-10-25-56(51)62)54-23-8-5-17-46(54)42-32-37-59-53(38-42)52-36-31-40-15-2-4-18-47(40)60(52)63-59/h1-38H. The molecule has 0 amide bonds. The summed E-state index contributed by atoms with van der Waals surface area (Å²) in [6, 6.07) is 83.6. The molecule has 0 aliphatic heterocycles. The van der Waals surface area contributed by atoms with Crippen LogP contribution >= 0.6 is 0 Å². The smallest absolute Gasteiger partial charge is 0.143 e. The van der Waals surface area contributed by atoms with Crippen LogP contribution in [-0.4, -0.2) is 4.57 Å². The molecule has 0 aliphatic carbocycles. The van der Waals surface area contributed by atoms with Crippen molar-refractivity contribution in [2.75, 3.05) is 4.90 Å². The molecule has 0 saturated carbocycles. The number of rotatable bonds is 6. The van der Waals surface area contributed by atoms with Crippen molar-refractivity contribution in [1.29, 1.82) is 0 Å². The normalized spacial score (nSPS) is 11.8. The van der Waals surface area contributed by atoms with E-state index in [1.807, 2.05) is 0 Å². The molecule has 2 heterocycles. The summed E-state index contributed by atoms with van der Waals surface area (Å²) in [5, 5.41) is 12.0. The predicted molar refractivity (Wildman–Crippen MR) is 266 cm³/mol. The number of fused-ring (bicyclic) bond motifs is 11. The first-order valence-electron chi connectivity index (χ1n) is 21.6. The molecule has 63 heavy (non-hydrogen) atoms. The molecule has 3 heteroatoms. The Labute approximate surface area is 363 Å². The highest BCUT2D eigenvalue weighted by Crippen LogP contribution is 2.46. The third-order valence-electron chi connectivity index (χ3n) is 13.0. The highest BCUT2D eigenvalue weighted by atomic mass is 16.3. The fourth-order valence-corrected chi connectivity index (χ4v) is 10.1. The van der Waals surface area contributed by atoms with Crippen molar-refractivity contribution in [3.05, 3.63) is 231 Å². The van der Waals surface area contributed by atoms with Crippen molar-refractivity contribution in [3.63, 3.8) is 0 Å². The first-order valence-corrected chi connectivity index (χ1v) is 21.6. The molecular formula is C60H38N2O. The Morgan fingerprint density at radius 2 is 0.905 bits per heavy atom. The molecule has 0 aliphatic rings. The van der Waals surface area contributed by atoms with Crippen molar-refractivity contribution in [2.45, 2.75) is 0 Å². The zero-order valence-corrected chi connectivity index (χ0v) is 34.2. The van der Waals surface area contributed by atoms with Gasteiger partial charge >= 0.3 is 0 Å². The Morgan fingerprint density at radius 1 is 0.333 bits per heavy atom. The molecule has 2 aromatic heterocycles. The maximum Gasteiger partial charge on any atom is 0.143 e. The number of hydrogen-bond acceptors (Lipinski definition) is 2. The second-order valence-electron chi connectivity index (χ2n) is 16.4. The summed E-state index contributed by atoms with van der Waals surface area (Å²) in [4.78, 5) is 2.44. The largest absolute Gasteiger partial charge is 0.455 e. The zero-order chi connectivity index (χ0) is 41.4. The van der Waals surface area contributed by atoms with Gasteiger partial charge in [0.2, 0.25) is 0 Å². The van der Waals surface area contributed by atoms with Gasteiger partial charge in [0, 0.05) is 38.2 Å². The lowest BCUT2D eigenvalue weighted by Crippen LogP contribution is -2.14. The van der Waals surface area contributed by atoms with E-state index in [-0.39, 0.29) is 0 Å². The topological polar surface area (TPSA) is 21.3 Å². The van der Waals surface area contributed by atoms with Gasteiger partial charge in [-0.2, -0.15) is 0 Å². The highest BCUT2D eigenvalue weighted by molar-refractivity contribution is 6.16. The fourth-order valence-electron chi connectivity index (χ4n) is 10.1. The van der Waals surface area contributed by atoms with Crippen molar-refractivity contribution < 1.29 is 4.42 Å². The Kier molecular flexibility index (Phi) is 7.91. The second kappa shape index (κ2) is 14.1. The molecule has 294 valence electrons. The van der Waals surface area contributed by atoms with Gasteiger partial charge in [-0.3, -0.25) is 0 Å². The lowest BCUT2D eigenvalue weighted by atomic mass is 9.94. The van der Waals surface area contributed by atoms with Crippen LogP contribution < -0.4 is 4.90 Å². The van der Waals surface area contributed by atoms with Crippen molar-refractivity contribution in [1.82, 2.24) is 4.57 Å². The van der Waals surface area contributed by atoms with Gasteiger partial charge in [-0.1, -0.05) is 170 Å². The number of hydrogen-bond donors (Lipinski definition) is 0. The molecule has 0 spiro atoms. The van der Waals surface area contributed by atoms with E-state index in [2.05, 4.69) is 240 Å². The molecule has 0 fully saturated rings. The molecule has 13 rings (SSSR count). The summed E-state index contributed by atoms with van der Waals surface area (Å²) in [6.45, 7) is 0. The summed E-state index contributed by atoms with van der Waals surface area (Å²) in [6.07, 6.45) is 0. The molecule has 0 radical (unpaired) electrons. The van der Waals surface area contributed by atoms with E-state index < -0.39 is 0 Å². The molecule has 0 N–H and O–H groups in total. The van der Waals surface area contributed by atoms with Crippen LogP contribution in [0.1, 0.15) is 0 Å². The van der Waals surface area contributed by atoms with E-state index in [0.29, 0.717) is 0 Å². The summed E-state index contributed by atoms with van der Waals surface area (Å²) < 4.78 is 9.01. The minimum atomic E-state index is 0.883. The van der Waals surface area contributed by atoms with Crippen LogP contribution in [-0.2, 0) is 0 Å². The van der Waals surface area contributed by atoms with E-state index >= 15 is 0 Å². The minimum Gasteiger partial charge on any atom is -0.455 e. The van der Waals surface area contributed by atoms with Gasteiger partial charge in [-0.05, 0) is 104 Å². The van der Waals surface area contributed by atoms with Crippen LogP contribution in [0, 0.1) is 0 Å². The van der Waals surface area contributed by atoms with Gasteiger partial charge in [0.25, 0.3) is 0 Å². The van der Waals surface area contributed by atoms with Crippen LogP contribution in [0.3, 0.4) is 0 Å². The Hall–Kier alpha value is -8.40. The average Bonchev–Trinajstić information content (AvgIpc) is 3.90. The number of furan rings is 1. The van der Waals surface area contributed by atoms with Crippen LogP contribution in [0.2, 0.25) is 0 Å². The number of benzene rings is 11. The van der Waals surface area contributed by atoms with E-state index in [4.69, 9.17) is 4.42 Å². The highest BCUT2D eigenvalue weighted by Gasteiger charge is 2.23. The first-order chi connectivity index (χ1) is 31.3. The molecule has 0 bridgehead atoms. The Morgan fingerprint density at radius 3 is 1.68 bits per heavy atom. The monoisotopic (exact) mass is 802 g/mol. The summed E-state index contributed by atoms with van der Waals surface area (Å²) in [5.41, 5.74) is 13.1. The number of nitrogens with zero attached hydrogens (tertiary/aromatic N) is 2. The van der Waals surface area contributed by atoms with Gasteiger partial charge in [-0.25, -0.2) is 0 Å². The van der Waals surface area contributed by atoms with Crippen LogP contribution in [0.5, 0.6) is 0 Å². The average molecular weight is 803 g/mol. The number of para-hydroxylation sites is 5. The molecule has 0 unspecified atom stereocenters. The van der Waals surface area contributed by atoms with E-state index in [1.165, 1.54) is 59.9 Å². The van der Waals surface area contributed by atoms with Crippen LogP contribution in [0.4, 0.5) is 17.1 Å². The molecule has 11 aromatic carbocycles. The third-order valence-corrected chi connectivity index (χ3v) is 13.0. The van der Waals surface area contributed by atoms with E-state index in [1.54, 1.807) is 0 Å². The third kappa shape index (κ3) is 5.53. The fraction of sp³-hybridized carbons (Fsp3) is 0. The maximum atomic E-state index is 6.58. The lowest BCUT2D eigenvalue weighted by Gasteiger charge is -2.30. The first kappa shape index (κ1) is 35.4. The molecule has 13 aromatic rings. The van der Waals surface area contributed by atoms with Gasteiger partial charge in [-0.15, -0.1) is 0 Å². The zero-order valence-electron chi connectivity index (χ0n) is 34.2. The molecule has 0 atom stereocenters. The Bertz CT molecular complexity index is 3870. The van der Waals surface area contributed by atoms with E-state index in [0.717, 1.165) is 61.2 Å². The minimum absolute atomic E-state index is 0.883. The van der Waals surface area contributed by atoms with Gasteiger partial charge in [0.1, 0.15) is 11.2 Å². The summed E-state index contributed by atoms with van der Waals surface area (Å²) >= 11 is 0. The molecule has 3 nitrogen and oxygen atoms in total. The van der Waals surface area contributed by atoms with E-state index in [9.17, 15) is 0 Å². The van der Waals surface area contributed by atoms with Gasteiger partial charge in [0.15, 0.2) is 0 Å². The predicted octanol–water partition coefficient (Wildman–Crippen LogP) is 16.9. The summed E-state index contributed by atoms with van der Waals surface area (Å²) in [7, 11) is 0. The van der Waals surface area contributed by atoms with Crippen molar-refractivity contribution in [3.8, 4) is 27.9 Å². The van der Waals surface area contributed by atoms with Crippen molar-refractivity contribution >= 4 is 93.1 Å². The van der Waals surface area contributed by atoms with Crippen molar-refractivity contribution in [2.24, 2.45) is 0 Å². The van der Waals surface area contributed by atoms with Gasteiger partial charge < -0.3 is 13.9 Å². The maximum absolute atomic E-state index is 6.58. The van der Waals surface area contributed by atoms with Crippen LogP contribution in [0.25, 0.3) is 104 Å². The molecule has 0 saturated heterocycles. The SMILES string of the molecule is c1ccc(N(c2ccc(-c3cccc4c3ccc3ccccc34)cc2)c2ccccc2-n2c3ccccc3c3ccccc32)c(-c2ccc3oc4c5ccccc5ccc4c3c2)c1. The lowest BCUT2D eigenvalue weighted by molar-refractivity contribution is 0.672. The Balaban J connectivity index is 1.03. The molecular weight excluding hydrogens is 765 g/mol. The van der Waals surface area contributed by atoms with Gasteiger partial charge in [0.05, 0.1) is 28.1 Å². The quantitative estimate of drug-likeness (QED) is 0.156.